The average Bonchev–Trinajstić information content (AvgIpc) is 2.45. The van der Waals surface area contributed by atoms with E-state index in [1.54, 1.807) is 13.2 Å². The molecule has 0 radical (unpaired) electrons. The molecule has 1 heterocycles. The first-order chi connectivity index (χ1) is 9.27. The summed E-state index contributed by atoms with van der Waals surface area (Å²) in [5.41, 5.74) is 1.81. The lowest BCUT2D eigenvalue weighted by Crippen LogP contribution is -2.20. The number of hydrogen-bond donors (Lipinski definition) is 0. The first-order valence-electron chi connectivity index (χ1n) is 6.78. The van der Waals surface area contributed by atoms with Crippen molar-refractivity contribution < 1.29 is 14.3 Å². The second-order valence-electron chi connectivity index (χ2n) is 4.72. The highest BCUT2D eigenvalue weighted by molar-refractivity contribution is 5.95. The van der Waals surface area contributed by atoms with Crippen LogP contribution in [0.4, 0.5) is 0 Å². The third kappa shape index (κ3) is 4.21. The molecule has 3 heteroatoms. The van der Waals surface area contributed by atoms with Crippen LogP contribution in [0.5, 0.6) is 0 Å². The zero-order valence-corrected chi connectivity index (χ0v) is 11.3. The van der Waals surface area contributed by atoms with E-state index in [-0.39, 0.29) is 12.1 Å². The van der Waals surface area contributed by atoms with Gasteiger partial charge in [-0.2, -0.15) is 0 Å². The fourth-order valence-electron chi connectivity index (χ4n) is 2.18. The van der Waals surface area contributed by atoms with E-state index in [2.05, 4.69) is 0 Å². The molecule has 1 aliphatic heterocycles. The van der Waals surface area contributed by atoms with Crippen molar-refractivity contribution in [2.75, 3.05) is 6.61 Å². The van der Waals surface area contributed by atoms with Crippen LogP contribution in [0.3, 0.4) is 0 Å². The maximum Gasteiger partial charge on any atom is 0.198 e. The van der Waals surface area contributed by atoms with Gasteiger partial charge < -0.3 is 9.47 Å². The Balaban J connectivity index is 1.86. The lowest BCUT2D eigenvalue weighted by atomic mass is 10.0. The normalized spacial score (nSPS) is 19.5. The fourth-order valence-corrected chi connectivity index (χ4v) is 2.18. The molecule has 1 aromatic carbocycles. The van der Waals surface area contributed by atoms with E-state index in [9.17, 15) is 4.79 Å². The molecule has 1 aromatic rings. The monoisotopic (exact) mass is 260 g/mol. The summed E-state index contributed by atoms with van der Waals surface area (Å²) in [4.78, 5) is 11.5. The summed E-state index contributed by atoms with van der Waals surface area (Å²) >= 11 is 0. The Morgan fingerprint density at radius 1 is 1.42 bits per heavy atom. The minimum absolute atomic E-state index is 0.0977. The fraction of sp³-hybridized carbons (Fsp3) is 0.438. The van der Waals surface area contributed by atoms with E-state index in [1.165, 1.54) is 0 Å². The van der Waals surface area contributed by atoms with Crippen molar-refractivity contribution in [3.05, 3.63) is 47.7 Å². The number of ketones is 1. The largest absolute Gasteiger partial charge is 0.473 e. The lowest BCUT2D eigenvalue weighted by molar-refractivity contribution is -0.129. The molecule has 102 valence electrons. The van der Waals surface area contributed by atoms with Crippen molar-refractivity contribution >= 4 is 5.78 Å². The summed E-state index contributed by atoms with van der Waals surface area (Å²) in [6.07, 6.45) is 7.44. The summed E-state index contributed by atoms with van der Waals surface area (Å²) in [5.74, 6) is 0.0977. The third-order valence-electron chi connectivity index (χ3n) is 3.20. The van der Waals surface area contributed by atoms with Crippen molar-refractivity contribution in [1.82, 2.24) is 0 Å². The van der Waals surface area contributed by atoms with Crippen LogP contribution in [0, 0.1) is 0 Å². The third-order valence-corrected chi connectivity index (χ3v) is 3.20. The van der Waals surface area contributed by atoms with Gasteiger partial charge in [0.25, 0.3) is 0 Å². The Bertz CT molecular complexity index is 445. The second kappa shape index (κ2) is 7.10. The second-order valence-corrected chi connectivity index (χ2v) is 4.72. The number of rotatable bonds is 5. The van der Waals surface area contributed by atoms with Crippen molar-refractivity contribution in [2.24, 2.45) is 0 Å². The van der Waals surface area contributed by atoms with Crippen LogP contribution in [-0.4, -0.2) is 18.7 Å². The van der Waals surface area contributed by atoms with E-state index in [0.717, 1.165) is 37.0 Å². The van der Waals surface area contributed by atoms with Gasteiger partial charge in [-0.25, -0.2) is 0 Å². The van der Waals surface area contributed by atoms with E-state index >= 15 is 0 Å². The minimum Gasteiger partial charge on any atom is -0.473 e. The van der Waals surface area contributed by atoms with Crippen LogP contribution < -0.4 is 0 Å². The number of allylic oxidation sites excluding steroid dienone is 1. The van der Waals surface area contributed by atoms with Crippen molar-refractivity contribution in [3.63, 3.8) is 0 Å². The maximum atomic E-state index is 11.5. The highest BCUT2D eigenvalue weighted by Crippen LogP contribution is 2.14. The van der Waals surface area contributed by atoms with E-state index in [4.69, 9.17) is 9.47 Å². The molecule has 1 fully saturated rings. The van der Waals surface area contributed by atoms with Crippen LogP contribution >= 0.6 is 0 Å². The van der Waals surface area contributed by atoms with Gasteiger partial charge in [-0.1, -0.05) is 24.3 Å². The Hall–Kier alpha value is -1.61. The van der Waals surface area contributed by atoms with Crippen LogP contribution in [0.25, 0.3) is 0 Å². The van der Waals surface area contributed by atoms with E-state index < -0.39 is 0 Å². The van der Waals surface area contributed by atoms with Crippen molar-refractivity contribution in [2.45, 2.75) is 38.9 Å². The number of carbonyl (C=O) groups excluding carboxylic acids is 1. The summed E-state index contributed by atoms with van der Waals surface area (Å²) in [5, 5.41) is 0. The molecule has 1 unspecified atom stereocenters. The van der Waals surface area contributed by atoms with Gasteiger partial charge in [-0.15, -0.1) is 0 Å². The molecule has 0 spiro atoms. The molecule has 0 amide bonds. The Kier molecular flexibility index (Phi) is 5.16. The minimum atomic E-state index is -0.104. The number of Topliss-reactive ketones (excluding diaryl/α,β-unsaturated/α-hetero) is 1. The molecule has 1 aliphatic rings. The van der Waals surface area contributed by atoms with Gasteiger partial charge in [0.05, 0.1) is 12.9 Å². The Labute approximate surface area is 114 Å². The van der Waals surface area contributed by atoms with Gasteiger partial charge >= 0.3 is 0 Å². The number of carbonyl (C=O) groups is 1. The summed E-state index contributed by atoms with van der Waals surface area (Å²) in [6.45, 7) is 2.38. The first kappa shape index (κ1) is 13.8. The van der Waals surface area contributed by atoms with Gasteiger partial charge in [-0.3, -0.25) is 4.79 Å². The molecule has 0 aliphatic carbocycles. The maximum absolute atomic E-state index is 11.5. The summed E-state index contributed by atoms with van der Waals surface area (Å²) in [6, 6.07) is 7.66. The van der Waals surface area contributed by atoms with Gasteiger partial charge in [0.1, 0.15) is 0 Å². The number of hydrogen-bond acceptors (Lipinski definition) is 3. The molecule has 3 nitrogen and oxygen atoms in total. The zero-order chi connectivity index (χ0) is 13.5. The van der Waals surface area contributed by atoms with E-state index in [1.807, 2.05) is 30.3 Å². The summed E-state index contributed by atoms with van der Waals surface area (Å²) in [7, 11) is 0. The van der Waals surface area contributed by atoms with Crippen molar-refractivity contribution in [3.8, 4) is 0 Å². The SMILES string of the molecule is CC(=O)c1ccccc1C/C=C\OC1CCCCO1. The molecule has 0 N–H and O–H groups in total. The van der Waals surface area contributed by atoms with Gasteiger partial charge in [-0.05, 0) is 37.8 Å². The Morgan fingerprint density at radius 3 is 3.00 bits per heavy atom. The molecular weight excluding hydrogens is 240 g/mol. The quantitative estimate of drug-likeness (QED) is 0.600. The first-order valence-corrected chi connectivity index (χ1v) is 6.78. The zero-order valence-electron chi connectivity index (χ0n) is 11.3. The highest BCUT2D eigenvalue weighted by atomic mass is 16.7. The van der Waals surface area contributed by atoms with Crippen LogP contribution in [0.1, 0.15) is 42.1 Å². The highest BCUT2D eigenvalue weighted by Gasteiger charge is 2.12. The number of benzene rings is 1. The Morgan fingerprint density at radius 2 is 2.26 bits per heavy atom. The summed E-state index contributed by atoms with van der Waals surface area (Å²) < 4.78 is 11.0. The smallest absolute Gasteiger partial charge is 0.198 e. The lowest BCUT2D eigenvalue weighted by Gasteiger charge is -2.21. The molecule has 1 atom stereocenters. The topological polar surface area (TPSA) is 35.5 Å². The average molecular weight is 260 g/mol. The molecule has 1 saturated heterocycles. The predicted octanol–water partition coefficient (Wildman–Crippen LogP) is 3.49. The van der Waals surface area contributed by atoms with Gasteiger partial charge in [0, 0.05) is 12.0 Å². The van der Waals surface area contributed by atoms with Gasteiger partial charge in [0.15, 0.2) is 12.1 Å². The molecule has 2 rings (SSSR count). The molecule has 19 heavy (non-hydrogen) atoms. The number of ether oxygens (including phenoxy) is 2. The van der Waals surface area contributed by atoms with Crippen LogP contribution in [-0.2, 0) is 15.9 Å². The van der Waals surface area contributed by atoms with Crippen LogP contribution in [0.2, 0.25) is 0 Å². The van der Waals surface area contributed by atoms with Crippen molar-refractivity contribution in [1.29, 1.82) is 0 Å². The standard InChI is InChI=1S/C16H20O3/c1-13(17)15-9-3-2-7-14(15)8-6-12-19-16-10-4-5-11-18-16/h2-3,6-7,9,12,16H,4-5,8,10-11H2,1H3/b12-6-. The van der Waals surface area contributed by atoms with E-state index in [0.29, 0.717) is 6.42 Å². The molecular formula is C16H20O3. The molecule has 0 aromatic heterocycles. The molecule has 0 bridgehead atoms. The van der Waals surface area contributed by atoms with Crippen LogP contribution in [0.15, 0.2) is 36.6 Å². The van der Waals surface area contributed by atoms with Gasteiger partial charge in [0.2, 0.25) is 0 Å². The predicted molar refractivity (Wildman–Crippen MR) is 74.0 cm³/mol. The molecule has 0 saturated carbocycles.